The van der Waals surface area contributed by atoms with Crippen molar-refractivity contribution in [2.75, 3.05) is 0 Å². The van der Waals surface area contributed by atoms with Crippen molar-refractivity contribution >= 4 is 67.9 Å². The van der Waals surface area contributed by atoms with Crippen molar-refractivity contribution in [2.45, 2.75) is 124 Å². The number of nitrogens with zero attached hydrogens (tertiary/aromatic N) is 2. The van der Waals surface area contributed by atoms with Crippen LogP contribution in [-0.2, 0) is 27.5 Å². The summed E-state index contributed by atoms with van der Waals surface area (Å²) in [4.78, 5) is 17.6. The molecular formula is C47H52N2O2S3. The minimum Gasteiger partial charge on any atom is -0.477 e. The van der Waals surface area contributed by atoms with Crippen molar-refractivity contribution < 1.29 is 9.90 Å². The van der Waals surface area contributed by atoms with Gasteiger partial charge in [-0.15, -0.1) is 34.0 Å². The van der Waals surface area contributed by atoms with E-state index in [4.69, 9.17) is 0 Å². The predicted octanol–water partition coefficient (Wildman–Crippen LogP) is 14.4. The first kappa shape index (κ1) is 38.3. The minimum atomic E-state index is -1.19. The Balaban J connectivity index is 1.38. The van der Waals surface area contributed by atoms with Gasteiger partial charge in [0.15, 0.2) is 0 Å². The summed E-state index contributed by atoms with van der Waals surface area (Å²) in [5, 5.41) is 22.8. The number of unbranched alkanes of at least 4 members (excludes halogenated alkanes) is 5. The van der Waals surface area contributed by atoms with Gasteiger partial charge in [0, 0.05) is 40.6 Å². The van der Waals surface area contributed by atoms with Crippen molar-refractivity contribution in [2.24, 2.45) is 0 Å². The maximum absolute atomic E-state index is 11.6. The molecule has 0 unspecified atom stereocenters. The van der Waals surface area contributed by atoms with Crippen molar-refractivity contribution in [3.05, 3.63) is 92.9 Å². The van der Waals surface area contributed by atoms with Crippen LogP contribution in [0.5, 0.6) is 0 Å². The highest BCUT2D eigenvalue weighted by molar-refractivity contribution is 7.27. The van der Waals surface area contributed by atoms with Gasteiger partial charge in [-0.25, -0.2) is 4.79 Å². The van der Waals surface area contributed by atoms with Gasteiger partial charge in [0.25, 0.3) is 0 Å². The number of thiophene rings is 3. The lowest BCUT2D eigenvalue weighted by molar-refractivity contribution is -0.132. The molecule has 4 heterocycles. The molecule has 0 spiro atoms. The van der Waals surface area contributed by atoms with Crippen LogP contribution in [0, 0.1) is 11.3 Å². The summed E-state index contributed by atoms with van der Waals surface area (Å²) in [5.74, 6) is -1.19. The smallest absolute Gasteiger partial charge is 0.346 e. The molecule has 0 bridgehead atoms. The summed E-state index contributed by atoms with van der Waals surface area (Å²) in [7, 11) is 0. The monoisotopic (exact) mass is 772 g/mol. The molecule has 7 heteroatoms. The standard InChI is InChI=1S/C47H52N2O2S3/c1-10-11-12-13-14-15-16-28-22-40(49-37-19-17-30(45(2,3)4)23-33(37)34-24-31(46(5,6)7)18-20-38(34)49)54-41(28)39-26-36-43(53-39)42-35(47(36,8)9)25-32(52-42)21-29(27-48)44(50)51/h17-26H,10-16H2,1-9H3,(H,50,51)/b29-21-. The van der Waals surface area contributed by atoms with Gasteiger partial charge in [0.1, 0.15) is 16.6 Å². The van der Waals surface area contributed by atoms with Crippen molar-refractivity contribution in [3.8, 4) is 30.6 Å². The van der Waals surface area contributed by atoms with Crippen LogP contribution < -0.4 is 0 Å². The molecule has 4 aromatic heterocycles. The van der Waals surface area contributed by atoms with Gasteiger partial charge in [-0.1, -0.05) is 107 Å². The Kier molecular flexibility index (Phi) is 10.1. The van der Waals surface area contributed by atoms with Crippen LogP contribution in [0.3, 0.4) is 0 Å². The number of hydrogen-bond acceptors (Lipinski definition) is 5. The molecule has 4 nitrogen and oxygen atoms in total. The second kappa shape index (κ2) is 14.3. The molecule has 7 rings (SSSR count). The Hall–Kier alpha value is -3.96. The second-order valence-electron chi connectivity index (χ2n) is 17.6. The molecule has 0 radical (unpaired) electrons. The van der Waals surface area contributed by atoms with E-state index in [2.05, 4.69) is 121 Å². The number of benzene rings is 2. The summed E-state index contributed by atoms with van der Waals surface area (Å²) in [5.41, 5.74) is 8.80. The first-order valence-electron chi connectivity index (χ1n) is 19.4. The zero-order valence-electron chi connectivity index (χ0n) is 33.2. The van der Waals surface area contributed by atoms with Crippen LogP contribution in [0.4, 0.5) is 0 Å². The van der Waals surface area contributed by atoms with Gasteiger partial charge in [-0.05, 0) is 100 Å². The normalized spacial score (nSPS) is 14.2. The molecule has 1 aliphatic carbocycles. The fourth-order valence-electron chi connectivity index (χ4n) is 7.89. The highest BCUT2D eigenvalue weighted by atomic mass is 32.1. The average Bonchev–Trinajstić information content (AvgIpc) is 3.91. The molecule has 0 saturated carbocycles. The van der Waals surface area contributed by atoms with Crippen LogP contribution in [0.2, 0.25) is 0 Å². The zero-order chi connectivity index (χ0) is 38.7. The molecular weight excluding hydrogens is 721 g/mol. The number of aryl methyl sites for hydroxylation is 1. The molecule has 2 aromatic carbocycles. The maximum Gasteiger partial charge on any atom is 0.346 e. The lowest BCUT2D eigenvalue weighted by atomic mass is 9.83. The second-order valence-corrected chi connectivity index (χ2v) is 20.8. The third-order valence-electron chi connectivity index (χ3n) is 11.2. The molecule has 0 amide bonds. The summed E-state index contributed by atoms with van der Waals surface area (Å²) in [6.07, 6.45) is 10.1. The minimum absolute atomic E-state index is 0.0474. The van der Waals surface area contributed by atoms with Crippen LogP contribution in [0.1, 0.15) is 134 Å². The number of rotatable bonds is 11. The predicted molar refractivity (Wildman–Crippen MR) is 233 cm³/mol. The van der Waals surface area contributed by atoms with Gasteiger partial charge in [0.05, 0.1) is 11.0 Å². The first-order chi connectivity index (χ1) is 25.5. The van der Waals surface area contributed by atoms with E-state index in [-0.39, 0.29) is 21.8 Å². The van der Waals surface area contributed by atoms with Crippen LogP contribution in [0.25, 0.3) is 52.4 Å². The van der Waals surface area contributed by atoms with Crippen LogP contribution >= 0.6 is 34.0 Å². The van der Waals surface area contributed by atoms with Crippen molar-refractivity contribution in [1.29, 1.82) is 5.26 Å². The number of aromatic nitrogens is 1. The lowest BCUT2D eigenvalue weighted by Gasteiger charge is -2.19. The number of hydrogen-bond donors (Lipinski definition) is 1. The Morgan fingerprint density at radius 1 is 0.778 bits per heavy atom. The highest BCUT2D eigenvalue weighted by Gasteiger charge is 2.40. The van der Waals surface area contributed by atoms with Gasteiger partial charge < -0.3 is 9.67 Å². The van der Waals surface area contributed by atoms with Crippen LogP contribution in [-0.4, -0.2) is 15.6 Å². The number of carbonyl (C=O) groups is 1. The molecule has 1 aliphatic rings. The van der Waals surface area contributed by atoms with Gasteiger partial charge in [-0.2, -0.15) is 5.26 Å². The van der Waals surface area contributed by atoms with E-state index in [9.17, 15) is 15.2 Å². The molecule has 0 aliphatic heterocycles. The summed E-state index contributed by atoms with van der Waals surface area (Å²) >= 11 is 5.38. The Labute approximate surface area is 332 Å². The zero-order valence-corrected chi connectivity index (χ0v) is 35.6. The molecule has 280 valence electrons. The van der Waals surface area contributed by atoms with E-state index in [1.165, 1.54) is 119 Å². The topological polar surface area (TPSA) is 66.0 Å². The van der Waals surface area contributed by atoms with Crippen LogP contribution in [0.15, 0.2) is 60.2 Å². The number of carboxylic acid groups (broad SMARTS) is 1. The van der Waals surface area contributed by atoms with Gasteiger partial charge >= 0.3 is 5.97 Å². The molecule has 0 saturated heterocycles. The van der Waals surface area contributed by atoms with Crippen molar-refractivity contribution in [3.63, 3.8) is 0 Å². The van der Waals surface area contributed by atoms with E-state index in [0.717, 1.165) is 11.3 Å². The quantitative estimate of drug-likeness (QED) is 0.0810. The number of fused-ring (bicyclic) bond motifs is 6. The molecule has 1 N–H and O–H groups in total. The Morgan fingerprint density at radius 3 is 1.93 bits per heavy atom. The summed E-state index contributed by atoms with van der Waals surface area (Å²) in [6.45, 7) is 20.6. The fraction of sp³-hybridized carbons (Fsp3) is 0.404. The lowest BCUT2D eigenvalue weighted by Crippen LogP contribution is -2.13. The highest BCUT2D eigenvalue weighted by Crippen LogP contribution is 2.58. The van der Waals surface area contributed by atoms with Crippen molar-refractivity contribution in [1.82, 2.24) is 4.57 Å². The Bertz CT molecular complexity index is 2400. The fourth-order valence-corrected chi connectivity index (χ4v) is 12.0. The van der Waals surface area contributed by atoms with E-state index in [1.54, 1.807) is 11.3 Å². The molecule has 54 heavy (non-hydrogen) atoms. The van der Waals surface area contributed by atoms with E-state index < -0.39 is 5.97 Å². The third kappa shape index (κ3) is 6.91. The molecule has 6 aromatic rings. The summed E-state index contributed by atoms with van der Waals surface area (Å²) < 4.78 is 2.51. The van der Waals surface area contributed by atoms with E-state index in [1.807, 2.05) is 28.7 Å². The number of carboxylic acids is 1. The summed E-state index contributed by atoms with van der Waals surface area (Å²) in [6, 6.07) is 23.0. The SMILES string of the molecule is CCCCCCCCc1cc(-n2c3ccc(C(C)(C)C)cc3c3cc(C(C)(C)C)ccc32)sc1-c1cc2c(s1)-c1sc(/C=C(/C#N)C(=O)O)cc1C2(C)C. The molecule has 0 atom stereocenters. The largest absolute Gasteiger partial charge is 0.477 e. The maximum atomic E-state index is 11.6. The van der Waals surface area contributed by atoms with E-state index >= 15 is 0 Å². The Morgan fingerprint density at radius 2 is 1.35 bits per heavy atom. The van der Waals surface area contributed by atoms with Gasteiger partial charge in [-0.3, -0.25) is 0 Å². The third-order valence-corrected chi connectivity index (χ3v) is 14.9. The average molecular weight is 773 g/mol. The van der Waals surface area contributed by atoms with E-state index in [0.29, 0.717) is 0 Å². The number of nitriles is 1. The number of aliphatic carboxylic acids is 1. The van der Waals surface area contributed by atoms with Gasteiger partial charge in [0.2, 0.25) is 0 Å². The first-order valence-corrected chi connectivity index (χ1v) is 21.8. The molecule has 0 fully saturated rings.